The van der Waals surface area contributed by atoms with Gasteiger partial charge >= 0.3 is 11.9 Å². The Hall–Kier alpha value is -1.14. The first kappa shape index (κ1) is 18.9. The summed E-state index contributed by atoms with van der Waals surface area (Å²) in [5.74, 6) is -0.536. The Morgan fingerprint density at radius 1 is 0.800 bits per heavy atom. The smallest absolute Gasteiger partial charge is 0.306 e. The molecule has 20 heavy (non-hydrogen) atoms. The summed E-state index contributed by atoms with van der Waals surface area (Å²) in [5.41, 5.74) is 0. The van der Waals surface area contributed by atoms with Gasteiger partial charge in [-0.2, -0.15) is 0 Å². The van der Waals surface area contributed by atoms with Crippen LogP contribution >= 0.6 is 0 Å². The molecule has 0 saturated carbocycles. The third kappa shape index (κ3) is 10.8. The molecule has 0 aromatic heterocycles. The van der Waals surface area contributed by atoms with E-state index in [1.807, 2.05) is 0 Å². The number of hydrogen-bond donors (Lipinski definition) is 0. The van der Waals surface area contributed by atoms with Gasteiger partial charge in [-0.05, 0) is 26.7 Å². The topological polar surface area (TPSA) is 71.1 Å². The van der Waals surface area contributed by atoms with E-state index in [1.165, 1.54) is 0 Å². The van der Waals surface area contributed by atoms with Crippen molar-refractivity contribution in [2.75, 3.05) is 27.4 Å². The van der Waals surface area contributed by atoms with Crippen LogP contribution in [0.2, 0.25) is 0 Å². The molecule has 0 aliphatic carbocycles. The lowest BCUT2D eigenvalue weighted by atomic mass is 10.2. The lowest BCUT2D eigenvalue weighted by Gasteiger charge is -2.12. The number of hydrogen-bond acceptors (Lipinski definition) is 6. The van der Waals surface area contributed by atoms with E-state index in [9.17, 15) is 9.59 Å². The van der Waals surface area contributed by atoms with E-state index in [0.29, 0.717) is 38.9 Å². The molecule has 0 bridgehead atoms. The van der Waals surface area contributed by atoms with Crippen LogP contribution in [0, 0.1) is 0 Å². The minimum atomic E-state index is -0.268. The van der Waals surface area contributed by atoms with Gasteiger partial charge < -0.3 is 18.9 Å². The maximum atomic E-state index is 11.4. The maximum absolute atomic E-state index is 11.4. The molecule has 6 heteroatoms. The second kappa shape index (κ2) is 11.7. The number of rotatable bonds is 11. The number of unbranched alkanes of at least 4 members (excludes halogenated alkanes) is 1. The minimum Gasteiger partial charge on any atom is -0.460 e. The summed E-state index contributed by atoms with van der Waals surface area (Å²) in [5, 5.41) is 0. The molecule has 0 N–H and O–H groups in total. The molecule has 0 aromatic rings. The van der Waals surface area contributed by atoms with Crippen LogP contribution in [0.25, 0.3) is 0 Å². The van der Waals surface area contributed by atoms with Gasteiger partial charge in [0.1, 0.15) is 12.2 Å². The van der Waals surface area contributed by atoms with Crippen molar-refractivity contribution in [2.45, 2.75) is 51.7 Å². The monoisotopic (exact) mass is 290 g/mol. The Kier molecular flexibility index (Phi) is 11.0. The number of esters is 2. The van der Waals surface area contributed by atoms with E-state index in [2.05, 4.69) is 0 Å². The van der Waals surface area contributed by atoms with Crippen molar-refractivity contribution in [1.82, 2.24) is 0 Å². The number of methoxy groups -OCH3 is 2. The number of carbonyl (C=O) groups is 2. The van der Waals surface area contributed by atoms with Gasteiger partial charge in [0.2, 0.25) is 0 Å². The molecule has 118 valence electrons. The third-order valence-corrected chi connectivity index (χ3v) is 2.48. The highest BCUT2D eigenvalue weighted by molar-refractivity contribution is 5.70. The Labute approximate surface area is 120 Å². The Morgan fingerprint density at radius 2 is 1.15 bits per heavy atom. The van der Waals surface area contributed by atoms with Gasteiger partial charge in [-0.15, -0.1) is 0 Å². The van der Waals surface area contributed by atoms with Gasteiger partial charge in [0, 0.05) is 27.1 Å². The normalized spacial score (nSPS) is 13.6. The zero-order chi connectivity index (χ0) is 15.4. The molecule has 0 aliphatic heterocycles. The molecule has 0 fully saturated rings. The zero-order valence-corrected chi connectivity index (χ0v) is 12.8. The summed E-state index contributed by atoms with van der Waals surface area (Å²) in [4.78, 5) is 22.9. The van der Waals surface area contributed by atoms with Crippen molar-refractivity contribution >= 4 is 11.9 Å². The van der Waals surface area contributed by atoms with Crippen LogP contribution in [-0.2, 0) is 28.5 Å². The predicted molar refractivity (Wildman–Crippen MR) is 73.3 cm³/mol. The number of carbonyl (C=O) groups excluding carboxylic acids is 2. The average molecular weight is 290 g/mol. The van der Waals surface area contributed by atoms with Crippen LogP contribution in [0.5, 0.6) is 0 Å². The predicted octanol–water partition coefficient (Wildman–Crippen LogP) is 1.70. The van der Waals surface area contributed by atoms with E-state index >= 15 is 0 Å². The molecule has 0 aromatic carbocycles. The van der Waals surface area contributed by atoms with Gasteiger partial charge in [-0.25, -0.2) is 0 Å². The van der Waals surface area contributed by atoms with Gasteiger partial charge in [-0.1, -0.05) is 0 Å². The van der Waals surface area contributed by atoms with Crippen molar-refractivity contribution < 1.29 is 28.5 Å². The van der Waals surface area contributed by atoms with Crippen LogP contribution in [0.3, 0.4) is 0 Å². The first-order valence-corrected chi connectivity index (χ1v) is 6.86. The largest absolute Gasteiger partial charge is 0.460 e. The molecule has 0 saturated heterocycles. The van der Waals surface area contributed by atoms with Crippen LogP contribution in [0.1, 0.15) is 39.5 Å². The molecular formula is C14H26O6. The summed E-state index contributed by atoms with van der Waals surface area (Å²) >= 11 is 0. The molecule has 2 atom stereocenters. The van der Waals surface area contributed by atoms with Gasteiger partial charge in [0.05, 0.1) is 13.2 Å². The first-order valence-electron chi connectivity index (χ1n) is 6.86. The fourth-order valence-corrected chi connectivity index (χ4v) is 1.64. The summed E-state index contributed by atoms with van der Waals surface area (Å²) in [6, 6.07) is 0. The van der Waals surface area contributed by atoms with Crippen molar-refractivity contribution in [2.24, 2.45) is 0 Å². The molecular weight excluding hydrogens is 264 g/mol. The highest BCUT2D eigenvalue weighted by Gasteiger charge is 2.11. The highest BCUT2D eigenvalue weighted by atomic mass is 16.6. The average Bonchev–Trinajstić information content (AvgIpc) is 2.35. The van der Waals surface area contributed by atoms with Crippen molar-refractivity contribution in [1.29, 1.82) is 0 Å². The van der Waals surface area contributed by atoms with Crippen molar-refractivity contribution in [3.8, 4) is 0 Å². The molecule has 0 heterocycles. The molecule has 0 radical (unpaired) electrons. The number of ether oxygens (including phenoxy) is 4. The van der Waals surface area contributed by atoms with Crippen LogP contribution < -0.4 is 0 Å². The fraction of sp³-hybridized carbons (Fsp3) is 0.857. The van der Waals surface area contributed by atoms with E-state index in [0.717, 1.165) is 0 Å². The fourth-order valence-electron chi connectivity index (χ4n) is 1.64. The Balaban J connectivity index is 3.60. The molecule has 0 amide bonds. The standard InChI is InChI=1S/C14H26O6/c1-11(9-17-3)19-13(15)7-5-6-8-14(16)20-12(2)10-18-4/h11-12H,5-10H2,1-4H3. The van der Waals surface area contributed by atoms with Crippen molar-refractivity contribution in [3.05, 3.63) is 0 Å². The third-order valence-electron chi connectivity index (χ3n) is 2.48. The van der Waals surface area contributed by atoms with Gasteiger partial charge in [-0.3, -0.25) is 9.59 Å². The molecule has 6 nitrogen and oxygen atoms in total. The van der Waals surface area contributed by atoms with E-state index in [-0.39, 0.29) is 24.1 Å². The minimum absolute atomic E-state index is 0.243. The second-order valence-corrected chi connectivity index (χ2v) is 4.72. The summed E-state index contributed by atoms with van der Waals surface area (Å²) in [6.07, 6.45) is 1.32. The lowest BCUT2D eigenvalue weighted by Crippen LogP contribution is -2.20. The molecule has 0 spiro atoms. The van der Waals surface area contributed by atoms with E-state index in [4.69, 9.17) is 18.9 Å². The summed E-state index contributed by atoms with van der Waals surface area (Å²) in [7, 11) is 3.11. The van der Waals surface area contributed by atoms with Gasteiger partial charge in [0.25, 0.3) is 0 Å². The Morgan fingerprint density at radius 3 is 1.45 bits per heavy atom. The van der Waals surface area contributed by atoms with E-state index < -0.39 is 0 Å². The van der Waals surface area contributed by atoms with Crippen LogP contribution in [0.15, 0.2) is 0 Å². The maximum Gasteiger partial charge on any atom is 0.306 e. The van der Waals surface area contributed by atoms with Gasteiger partial charge in [0.15, 0.2) is 0 Å². The zero-order valence-electron chi connectivity index (χ0n) is 12.8. The summed E-state index contributed by atoms with van der Waals surface area (Å²) in [6.45, 7) is 4.32. The highest BCUT2D eigenvalue weighted by Crippen LogP contribution is 2.05. The molecule has 0 aliphatic rings. The SMILES string of the molecule is COCC(C)OC(=O)CCCCC(=O)OC(C)COC. The Bertz CT molecular complexity index is 251. The first-order chi connectivity index (χ1) is 9.49. The molecule has 2 unspecified atom stereocenters. The van der Waals surface area contributed by atoms with Crippen molar-refractivity contribution in [3.63, 3.8) is 0 Å². The lowest BCUT2D eigenvalue weighted by molar-refractivity contribution is -0.152. The van der Waals surface area contributed by atoms with Crippen LogP contribution in [-0.4, -0.2) is 51.6 Å². The van der Waals surface area contributed by atoms with E-state index in [1.54, 1.807) is 28.1 Å². The van der Waals surface area contributed by atoms with Crippen LogP contribution in [0.4, 0.5) is 0 Å². The second-order valence-electron chi connectivity index (χ2n) is 4.72. The summed E-state index contributed by atoms with van der Waals surface area (Å²) < 4.78 is 19.9. The molecule has 0 rings (SSSR count). The quantitative estimate of drug-likeness (QED) is 0.426.